The summed E-state index contributed by atoms with van der Waals surface area (Å²) in [5, 5.41) is 2.62. The number of carbonyl (C=O) groups excluding carboxylic acids is 2. The van der Waals surface area contributed by atoms with Gasteiger partial charge in [-0.15, -0.1) is 0 Å². The van der Waals surface area contributed by atoms with Gasteiger partial charge in [-0.25, -0.2) is 0 Å². The number of aromatic nitrogens is 1. The third-order valence-corrected chi connectivity index (χ3v) is 4.90. The van der Waals surface area contributed by atoms with Crippen LogP contribution in [-0.4, -0.2) is 16.1 Å². The van der Waals surface area contributed by atoms with Crippen molar-refractivity contribution in [2.75, 3.05) is 0 Å². The summed E-state index contributed by atoms with van der Waals surface area (Å²) >= 11 is 0.852. The largest absolute Gasteiger partial charge is 0.455 e. The van der Waals surface area contributed by atoms with E-state index in [0.29, 0.717) is 21.8 Å². The van der Waals surface area contributed by atoms with E-state index in [2.05, 4.69) is 35.1 Å². The monoisotopic (exact) mass is 374 g/mol. The molecule has 5 nitrogen and oxygen atoms in total. The lowest BCUT2D eigenvalue weighted by atomic mass is 10.1. The molecule has 0 radical (unpaired) electrons. The lowest BCUT2D eigenvalue weighted by Gasteiger charge is -1.99. The molecule has 1 aliphatic rings. The molecular weight excluding hydrogens is 360 g/mol. The fourth-order valence-corrected chi connectivity index (χ4v) is 3.44. The van der Waals surface area contributed by atoms with Crippen molar-refractivity contribution < 1.29 is 14.0 Å². The molecule has 1 N–H and O–H groups in total. The molecule has 4 rings (SSSR count). The second-order valence-corrected chi connectivity index (χ2v) is 6.88. The molecular formula is C21H14N2O3S. The van der Waals surface area contributed by atoms with Gasteiger partial charge >= 0.3 is 0 Å². The Morgan fingerprint density at radius 1 is 1.19 bits per heavy atom. The number of rotatable bonds is 2. The van der Waals surface area contributed by atoms with Crippen LogP contribution in [0.3, 0.4) is 0 Å². The average Bonchev–Trinajstić information content (AvgIpc) is 3.22. The van der Waals surface area contributed by atoms with Crippen LogP contribution in [0.1, 0.15) is 29.4 Å². The van der Waals surface area contributed by atoms with Crippen molar-refractivity contribution >= 4 is 40.0 Å². The summed E-state index contributed by atoms with van der Waals surface area (Å²) in [5.41, 5.74) is 3.43. The average molecular weight is 374 g/mol. The summed E-state index contributed by atoms with van der Waals surface area (Å²) in [6.45, 7) is 2.09. The lowest BCUT2D eigenvalue weighted by molar-refractivity contribution is -0.115. The van der Waals surface area contributed by atoms with E-state index in [0.717, 1.165) is 29.1 Å². The highest BCUT2D eigenvalue weighted by molar-refractivity contribution is 8.18. The van der Waals surface area contributed by atoms with Gasteiger partial charge in [0.05, 0.1) is 10.5 Å². The molecule has 3 heterocycles. The minimum atomic E-state index is -0.417. The number of fused-ring (bicyclic) bond motifs is 1. The summed E-state index contributed by atoms with van der Waals surface area (Å²) in [6.07, 6.45) is 5.79. The number of nitrogens with zero attached hydrogens (tertiary/aromatic N) is 1. The fraction of sp³-hybridized carbons (Fsp3) is 0.0952. The topological polar surface area (TPSA) is 72.2 Å². The van der Waals surface area contributed by atoms with Gasteiger partial charge in [0.2, 0.25) is 0 Å². The number of carbonyl (C=O) groups is 2. The van der Waals surface area contributed by atoms with Gasteiger partial charge in [0.15, 0.2) is 5.58 Å². The normalized spacial score (nSPS) is 15.1. The van der Waals surface area contributed by atoms with Gasteiger partial charge in [-0.3, -0.25) is 19.9 Å². The van der Waals surface area contributed by atoms with Crippen LogP contribution < -0.4 is 5.32 Å². The van der Waals surface area contributed by atoms with E-state index in [-0.39, 0.29) is 5.24 Å². The number of imide groups is 1. The Bertz CT molecular complexity index is 1160. The maximum atomic E-state index is 11.7. The molecule has 0 spiro atoms. The number of hydrogen-bond acceptors (Lipinski definition) is 5. The van der Waals surface area contributed by atoms with Gasteiger partial charge in [-0.2, -0.15) is 0 Å². The molecule has 1 aromatic carbocycles. The number of hydrogen-bond donors (Lipinski definition) is 1. The second kappa shape index (κ2) is 7.14. The van der Waals surface area contributed by atoms with Gasteiger partial charge < -0.3 is 4.42 Å². The molecule has 3 aromatic rings. The third kappa shape index (κ3) is 3.50. The quantitative estimate of drug-likeness (QED) is 0.540. The van der Waals surface area contributed by atoms with Crippen molar-refractivity contribution in [1.29, 1.82) is 0 Å². The highest BCUT2D eigenvalue weighted by Gasteiger charge is 2.25. The first-order valence-electron chi connectivity index (χ1n) is 8.36. The molecule has 6 heteroatoms. The smallest absolute Gasteiger partial charge is 0.290 e. The molecule has 0 bridgehead atoms. The predicted octanol–water partition coefficient (Wildman–Crippen LogP) is 4.11. The van der Waals surface area contributed by atoms with Crippen molar-refractivity contribution in [2.45, 2.75) is 13.3 Å². The predicted molar refractivity (Wildman–Crippen MR) is 105 cm³/mol. The molecule has 1 aliphatic heterocycles. The molecule has 2 amide bonds. The van der Waals surface area contributed by atoms with E-state index >= 15 is 0 Å². The van der Waals surface area contributed by atoms with Crippen molar-refractivity contribution in [2.24, 2.45) is 0 Å². The number of benzene rings is 1. The third-order valence-electron chi connectivity index (χ3n) is 4.09. The minimum Gasteiger partial charge on any atom is -0.455 e. The molecule has 0 unspecified atom stereocenters. The van der Waals surface area contributed by atoms with Gasteiger partial charge in [0.25, 0.3) is 11.1 Å². The molecule has 0 aliphatic carbocycles. The zero-order valence-electron chi connectivity index (χ0n) is 14.4. The van der Waals surface area contributed by atoms with E-state index in [4.69, 9.17) is 4.42 Å². The number of pyridine rings is 1. The van der Waals surface area contributed by atoms with Crippen LogP contribution >= 0.6 is 11.8 Å². The number of thioether (sulfide) groups is 1. The minimum absolute atomic E-state index is 0.302. The van der Waals surface area contributed by atoms with Crippen LogP contribution in [0.2, 0.25) is 0 Å². The molecule has 2 aromatic heterocycles. The standard InChI is InChI=1S/C21H14N2O3S/c1-2-13-5-3-4-6-14(13)7-8-15-11-22-12-16-9-17(26-19(15)16)10-18-20(24)23-21(25)27-18/h3-6,9-12H,2H2,1H3,(H,23,24,25)/b18-10+. The summed E-state index contributed by atoms with van der Waals surface area (Å²) in [5.74, 6) is 6.38. The Morgan fingerprint density at radius 2 is 2.00 bits per heavy atom. The number of furan rings is 1. The van der Waals surface area contributed by atoms with Crippen molar-refractivity contribution in [3.05, 3.63) is 70.1 Å². The van der Waals surface area contributed by atoms with Crippen LogP contribution in [0, 0.1) is 11.8 Å². The summed E-state index contributed by atoms with van der Waals surface area (Å²) in [6, 6.07) is 9.79. The van der Waals surface area contributed by atoms with E-state index in [9.17, 15) is 9.59 Å². The Balaban J connectivity index is 1.73. The number of amides is 2. The highest BCUT2D eigenvalue weighted by atomic mass is 32.2. The maximum Gasteiger partial charge on any atom is 0.290 e. The van der Waals surface area contributed by atoms with Crippen LogP contribution in [0.15, 0.2) is 52.0 Å². The van der Waals surface area contributed by atoms with E-state index in [1.807, 2.05) is 18.2 Å². The van der Waals surface area contributed by atoms with Gasteiger partial charge in [-0.05, 0) is 35.9 Å². The van der Waals surface area contributed by atoms with Crippen LogP contribution in [0.4, 0.5) is 4.79 Å². The number of aryl methyl sites for hydroxylation is 1. The van der Waals surface area contributed by atoms with Gasteiger partial charge in [0.1, 0.15) is 5.76 Å². The van der Waals surface area contributed by atoms with E-state index < -0.39 is 5.91 Å². The van der Waals surface area contributed by atoms with Crippen molar-refractivity contribution in [1.82, 2.24) is 10.3 Å². The molecule has 0 saturated carbocycles. The van der Waals surface area contributed by atoms with E-state index in [1.54, 1.807) is 24.5 Å². The van der Waals surface area contributed by atoms with Crippen LogP contribution in [-0.2, 0) is 11.2 Å². The zero-order valence-corrected chi connectivity index (χ0v) is 15.2. The Kier molecular flexibility index (Phi) is 4.53. The first-order chi connectivity index (χ1) is 13.1. The Morgan fingerprint density at radius 3 is 2.78 bits per heavy atom. The molecule has 0 atom stereocenters. The molecule has 1 saturated heterocycles. The first-order valence-corrected chi connectivity index (χ1v) is 9.18. The van der Waals surface area contributed by atoms with Crippen molar-refractivity contribution in [3.8, 4) is 11.8 Å². The van der Waals surface area contributed by atoms with Crippen LogP contribution in [0.5, 0.6) is 0 Å². The zero-order chi connectivity index (χ0) is 18.8. The molecule has 1 fully saturated rings. The Labute approximate surface area is 159 Å². The summed E-state index contributed by atoms with van der Waals surface area (Å²) in [4.78, 5) is 27.5. The van der Waals surface area contributed by atoms with Crippen LogP contribution in [0.25, 0.3) is 17.0 Å². The fourth-order valence-electron chi connectivity index (χ4n) is 2.78. The van der Waals surface area contributed by atoms with Gasteiger partial charge in [0, 0.05) is 29.4 Å². The Hall–Kier alpha value is -3.30. The SMILES string of the molecule is CCc1ccccc1C#Cc1cncc2cc(/C=C3/SC(=O)NC3=O)oc12. The lowest BCUT2D eigenvalue weighted by Crippen LogP contribution is -2.17. The highest BCUT2D eigenvalue weighted by Crippen LogP contribution is 2.28. The molecule has 132 valence electrons. The summed E-state index contributed by atoms with van der Waals surface area (Å²) in [7, 11) is 0. The van der Waals surface area contributed by atoms with E-state index in [1.165, 1.54) is 5.56 Å². The summed E-state index contributed by atoms with van der Waals surface area (Å²) < 4.78 is 5.87. The van der Waals surface area contributed by atoms with Gasteiger partial charge in [-0.1, -0.05) is 37.0 Å². The van der Waals surface area contributed by atoms with Crippen molar-refractivity contribution in [3.63, 3.8) is 0 Å². The maximum absolute atomic E-state index is 11.7. The second-order valence-electron chi connectivity index (χ2n) is 5.87. The molecule has 27 heavy (non-hydrogen) atoms. The first kappa shape index (κ1) is 17.1. The number of nitrogens with one attached hydrogen (secondary N) is 1.